The zero-order valence-electron chi connectivity index (χ0n) is 16.4. The summed E-state index contributed by atoms with van der Waals surface area (Å²) in [5.74, 6) is 0.445. The monoisotopic (exact) mass is 428 g/mol. The molecule has 0 amide bonds. The zero-order chi connectivity index (χ0) is 21.3. The summed E-state index contributed by atoms with van der Waals surface area (Å²) >= 11 is 1.23. The number of ether oxygens (including phenoxy) is 2. The molecule has 0 bridgehead atoms. The Labute approximate surface area is 179 Å². The lowest BCUT2D eigenvalue weighted by molar-refractivity contribution is 0.0702. The number of aliphatic hydroxyl groups is 2. The van der Waals surface area contributed by atoms with Crippen molar-refractivity contribution in [1.82, 2.24) is 0 Å². The van der Waals surface area contributed by atoms with Gasteiger partial charge in [-0.2, -0.15) is 0 Å². The molecule has 3 aromatic rings. The van der Waals surface area contributed by atoms with E-state index in [1.165, 1.54) is 11.3 Å². The van der Waals surface area contributed by atoms with Gasteiger partial charge in [0.2, 0.25) is 0 Å². The lowest BCUT2D eigenvalue weighted by atomic mass is 10.0. The van der Waals surface area contributed by atoms with Gasteiger partial charge in [0.25, 0.3) is 0 Å². The van der Waals surface area contributed by atoms with Crippen LogP contribution in [-0.2, 0) is 0 Å². The van der Waals surface area contributed by atoms with E-state index < -0.39 is 5.97 Å². The first-order valence-electron chi connectivity index (χ1n) is 9.67. The van der Waals surface area contributed by atoms with Gasteiger partial charge in [-0.15, -0.1) is 11.3 Å². The Hall–Kier alpha value is -2.87. The van der Waals surface area contributed by atoms with Crippen LogP contribution >= 0.6 is 11.3 Å². The Morgan fingerprint density at radius 2 is 1.30 bits per heavy atom. The van der Waals surface area contributed by atoms with Gasteiger partial charge in [0.05, 0.1) is 13.2 Å². The molecule has 0 unspecified atom stereocenters. The molecule has 0 aliphatic heterocycles. The Bertz CT molecular complexity index is 876. The molecule has 0 saturated heterocycles. The number of hydrogen-bond acceptors (Lipinski definition) is 6. The molecule has 0 spiro atoms. The topological polar surface area (TPSA) is 96.2 Å². The number of rotatable bonds is 11. The summed E-state index contributed by atoms with van der Waals surface area (Å²) in [6, 6.07) is 16.7. The predicted molar refractivity (Wildman–Crippen MR) is 117 cm³/mol. The van der Waals surface area contributed by atoms with Crippen LogP contribution in [0.4, 0.5) is 0 Å². The number of hydrogen-bond donors (Lipinski definition) is 3. The fourth-order valence-corrected chi connectivity index (χ4v) is 3.89. The molecule has 0 radical (unpaired) electrons. The quantitative estimate of drug-likeness (QED) is 0.394. The Kier molecular flexibility index (Phi) is 7.84. The lowest BCUT2D eigenvalue weighted by Gasteiger charge is -2.09. The third-order valence-electron chi connectivity index (χ3n) is 4.37. The van der Waals surface area contributed by atoms with E-state index in [2.05, 4.69) is 0 Å². The van der Waals surface area contributed by atoms with Crippen molar-refractivity contribution in [3.63, 3.8) is 0 Å². The van der Waals surface area contributed by atoms with Crippen LogP contribution in [0, 0.1) is 0 Å². The summed E-state index contributed by atoms with van der Waals surface area (Å²) in [5.41, 5.74) is 2.64. The second-order valence-electron chi connectivity index (χ2n) is 6.56. The van der Waals surface area contributed by atoms with Crippen LogP contribution < -0.4 is 9.47 Å². The first kappa shape index (κ1) is 21.8. The van der Waals surface area contributed by atoms with Crippen LogP contribution in [0.1, 0.15) is 22.5 Å². The number of carbonyl (C=O) groups is 1. The molecule has 30 heavy (non-hydrogen) atoms. The minimum absolute atomic E-state index is 0.0829. The van der Waals surface area contributed by atoms with E-state index in [1.54, 1.807) is 6.07 Å². The van der Waals surface area contributed by atoms with Crippen molar-refractivity contribution in [2.24, 2.45) is 0 Å². The van der Waals surface area contributed by atoms with E-state index in [1.807, 2.05) is 48.5 Å². The minimum Gasteiger partial charge on any atom is -0.494 e. The number of thiophene rings is 1. The first-order valence-corrected chi connectivity index (χ1v) is 10.5. The highest BCUT2D eigenvalue weighted by Gasteiger charge is 2.17. The molecular weight excluding hydrogens is 404 g/mol. The molecule has 1 heterocycles. The number of aliphatic hydroxyl groups excluding tert-OH is 2. The maximum atomic E-state index is 11.6. The summed E-state index contributed by atoms with van der Waals surface area (Å²) in [6.07, 6.45) is 1.14. The molecule has 0 saturated carbocycles. The second-order valence-corrected chi connectivity index (χ2v) is 7.61. The maximum Gasteiger partial charge on any atom is 0.345 e. The van der Waals surface area contributed by atoms with Crippen molar-refractivity contribution < 1.29 is 29.6 Å². The molecule has 3 N–H and O–H groups in total. The van der Waals surface area contributed by atoms with Gasteiger partial charge in [0.1, 0.15) is 16.4 Å². The fourth-order valence-electron chi connectivity index (χ4n) is 2.87. The number of aromatic carboxylic acids is 1. The third kappa shape index (κ3) is 5.60. The second kappa shape index (κ2) is 10.8. The van der Waals surface area contributed by atoms with Crippen LogP contribution in [0.5, 0.6) is 11.5 Å². The van der Waals surface area contributed by atoms with Gasteiger partial charge in [-0.25, -0.2) is 4.79 Å². The van der Waals surface area contributed by atoms with Gasteiger partial charge in [-0.3, -0.25) is 0 Å². The van der Waals surface area contributed by atoms with Crippen molar-refractivity contribution in [2.75, 3.05) is 26.4 Å². The minimum atomic E-state index is -0.958. The van der Waals surface area contributed by atoms with E-state index >= 15 is 0 Å². The Balaban J connectivity index is 1.86. The average Bonchev–Trinajstić information content (AvgIpc) is 3.21. The first-order chi connectivity index (χ1) is 14.6. The number of benzene rings is 2. The number of carboxylic acid groups (broad SMARTS) is 1. The Morgan fingerprint density at radius 1 is 0.800 bits per heavy atom. The molecular formula is C23H24O6S. The van der Waals surface area contributed by atoms with Gasteiger partial charge < -0.3 is 24.8 Å². The highest BCUT2D eigenvalue weighted by molar-refractivity contribution is 7.18. The van der Waals surface area contributed by atoms with Crippen molar-refractivity contribution in [1.29, 1.82) is 0 Å². The van der Waals surface area contributed by atoms with Gasteiger partial charge in [0.15, 0.2) is 0 Å². The van der Waals surface area contributed by atoms with E-state index in [0.717, 1.165) is 21.6 Å². The summed E-state index contributed by atoms with van der Waals surface area (Å²) < 4.78 is 11.1. The summed E-state index contributed by atoms with van der Waals surface area (Å²) in [4.78, 5) is 12.7. The molecule has 1 aromatic heterocycles. The van der Waals surface area contributed by atoms with Crippen LogP contribution in [0.25, 0.3) is 21.6 Å². The fraction of sp³-hybridized carbons (Fsp3) is 0.261. The van der Waals surface area contributed by atoms with Crippen LogP contribution in [-0.4, -0.2) is 47.7 Å². The van der Waals surface area contributed by atoms with Gasteiger partial charge in [-0.05, 0) is 53.6 Å². The highest BCUT2D eigenvalue weighted by Crippen LogP contribution is 2.40. The SMILES string of the molecule is O=C(O)c1cc(-c2ccc(OCCCO)cc2)c(-c2ccc(OCCCO)cc2)s1. The van der Waals surface area contributed by atoms with Crippen molar-refractivity contribution in [3.8, 4) is 33.1 Å². The van der Waals surface area contributed by atoms with E-state index in [9.17, 15) is 9.90 Å². The van der Waals surface area contributed by atoms with Gasteiger partial charge >= 0.3 is 5.97 Å². The molecule has 0 aliphatic carbocycles. The number of carboxylic acids is 1. The van der Waals surface area contributed by atoms with Gasteiger partial charge in [-0.1, -0.05) is 12.1 Å². The highest BCUT2D eigenvalue weighted by atomic mass is 32.1. The third-order valence-corrected chi connectivity index (χ3v) is 5.54. The Morgan fingerprint density at radius 3 is 1.77 bits per heavy atom. The van der Waals surface area contributed by atoms with Crippen molar-refractivity contribution >= 4 is 17.3 Å². The molecule has 3 rings (SSSR count). The van der Waals surface area contributed by atoms with Crippen molar-refractivity contribution in [2.45, 2.75) is 12.8 Å². The predicted octanol–water partition coefficient (Wildman–Crippen LogP) is 4.30. The standard InChI is InChI=1S/C23H24O6S/c24-11-1-13-28-18-7-3-16(4-8-18)20-15-21(23(26)27)30-22(20)17-5-9-19(10-6-17)29-14-2-12-25/h3-10,15,24-25H,1-2,11-14H2,(H,26,27). The van der Waals surface area contributed by atoms with Crippen LogP contribution in [0.2, 0.25) is 0 Å². The van der Waals surface area contributed by atoms with Crippen LogP contribution in [0.3, 0.4) is 0 Å². The maximum absolute atomic E-state index is 11.6. The largest absolute Gasteiger partial charge is 0.494 e. The normalized spacial score (nSPS) is 10.7. The van der Waals surface area contributed by atoms with E-state index in [-0.39, 0.29) is 18.1 Å². The van der Waals surface area contributed by atoms with E-state index in [0.29, 0.717) is 37.6 Å². The molecule has 6 nitrogen and oxygen atoms in total. The zero-order valence-corrected chi connectivity index (χ0v) is 17.2. The average molecular weight is 429 g/mol. The molecule has 0 atom stereocenters. The molecule has 2 aromatic carbocycles. The van der Waals surface area contributed by atoms with Gasteiger partial charge in [0, 0.05) is 36.5 Å². The summed E-state index contributed by atoms with van der Waals surface area (Å²) in [7, 11) is 0. The summed E-state index contributed by atoms with van der Waals surface area (Å²) in [6.45, 7) is 1.05. The van der Waals surface area contributed by atoms with E-state index in [4.69, 9.17) is 19.7 Å². The molecule has 0 fully saturated rings. The smallest absolute Gasteiger partial charge is 0.345 e. The van der Waals surface area contributed by atoms with Crippen molar-refractivity contribution in [3.05, 3.63) is 59.5 Å². The molecule has 7 heteroatoms. The molecule has 0 aliphatic rings. The molecule has 158 valence electrons. The lowest BCUT2D eigenvalue weighted by Crippen LogP contribution is -1.99. The van der Waals surface area contributed by atoms with Crippen LogP contribution in [0.15, 0.2) is 54.6 Å². The summed E-state index contributed by atoms with van der Waals surface area (Å²) in [5, 5.41) is 27.2.